The third-order valence-electron chi connectivity index (χ3n) is 3.48. The van der Waals surface area contributed by atoms with E-state index in [1.807, 2.05) is 0 Å². The molecule has 0 aliphatic rings. The zero-order valence-corrected chi connectivity index (χ0v) is 15.4. The van der Waals surface area contributed by atoms with Crippen molar-refractivity contribution in [2.75, 3.05) is 27.4 Å². The van der Waals surface area contributed by atoms with Crippen molar-refractivity contribution in [3.8, 4) is 17.6 Å². The maximum atomic E-state index is 12.2. The first kappa shape index (κ1) is 20.6. The summed E-state index contributed by atoms with van der Waals surface area (Å²) in [5, 5.41) is 9.18. The number of ether oxygens (including phenoxy) is 4. The number of nitriles is 1. The molecule has 8 heteroatoms. The van der Waals surface area contributed by atoms with Crippen molar-refractivity contribution in [3.63, 3.8) is 0 Å². The first-order valence-electron chi connectivity index (χ1n) is 8.17. The summed E-state index contributed by atoms with van der Waals surface area (Å²) in [6, 6.07) is 9.48. The van der Waals surface area contributed by atoms with E-state index in [4.69, 9.17) is 18.9 Å². The molecule has 8 nitrogen and oxygen atoms in total. The van der Waals surface area contributed by atoms with Crippen molar-refractivity contribution < 1.29 is 28.5 Å². The molecular weight excluding hydrogens is 364 g/mol. The highest BCUT2D eigenvalue weighted by Crippen LogP contribution is 2.29. The fourth-order valence-corrected chi connectivity index (χ4v) is 2.10. The molecule has 0 saturated heterocycles. The predicted octanol–water partition coefficient (Wildman–Crippen LogP) is 2.41. The fourth-order valence-electron chi connectivity index (χ4n) is 2.10. The van der Waals surface area contributed by atoms with Crippen LogP contribution in [0.4, 0.5) is 0 Å². The number of carbonyl (C=O) groups is 2. The van der Waals surface area contributed by atoms with Crippen molar-refractivity contribution in [1.29, 1.82) is 5.26 Å². The maximum Gasteiger partial charge on any atom is 0.348 e. The summed E-state index contributed by atoms with van der Waals surface area (Å²) in [7, 11) is 2.89. The van der Waals surface area contributed by atoms with E-state index in [1.165, 1.54) is 57.0 Å². The molecule has 0 bridgehead atoms. The van der Waals surface area contributed by atoms with E-state index in [9.17, 15) is 14.9 Å². The Balaban J connectivity index is 2.18. The number of hydrogen-bond donors (Lipinski definition) is 0. The summed E-state index contributed by atoms with van der Waals surface area (Å²) in [6.07, 6.45) is 4.32. The molecule has 0 N–H and O–H groups in total. The van der Waals surface area contributed by atoms with Gasteiger partial charge in [0.1, 0.15) is 18.2 Å². The van der Waals surface area contributed by atoms with Gasteiger partial charge in [-0.2, -0.15) is 5.26 Å². The summed E-state index contributed by atoms with van der Waals surface area (Å²) in [5.41, 5.74) is 0.659. The number of benzene rings is 1. The largest absolute Gasteiger partial charge is 0.493 e. The van der Waals surface area contributed by atoms with Gasteiger partial charge in [0.05, 0.1) is 19.3 Å². The lowest BCUT2D eigenvalue weighted by atomic mass is 10.1. The van der Waals surface area contributed by atoms with Crippen LogP contribution in [-0.4, -0.2) is 44.4 Å². The number of nitrogens with zero attached hydrogens (tertiary/aromatic N) is 2. The minimum Gasteiger partial charge on any atom is -0.493 e. The molecule has 1 aromatic carbocycles. The van der Waals surface area contributed by atoms with Crippen molar-refractivity contribution in [2.24, 2.45) is 0 Å². The molecule has 0 spiro atoms. The Morgan fingerprint density at radius 1 is 1.11 bits per heavy atom. The third kappa shape index (κ3) is 5.65. The number of carbonyl (C=O) groups excluding carboxylic acids is 2. The number of aromatic nitrogens is 1. The second kappa shape index (κ2) is 10.4. The fraction of sp³-hybridized carbons (Fsp3) is 0.200. The molecule has 0 amide bonds. The zero-order valence-electron chi connectivity index (χ0n) is 15.4. The summed E-state index contributed by atoms with van der Waals surface area (Å²) < 4.78 is 20.3. The molecular formula is C20H18N2O6. The number of methoxy groups -OCH3 is 2. The Bertz CT molecular complexity index is 903. The average Bonchev–Trinajstić information content (AvgIpc) is 2.73. The van der Waals surface area contributed by atoms with Gasteiger partial charge in [0.15, 0.2) is 11.5 Å². The van der Waals surface area contributed by atoms with Crippen molar-refractivity contribution in [2.45, 2.75) is 0 Å². The number of rotatable bonds is 8. The first-order chi connectivity index (χ1) is 13.6. The number of pyridine rings is 1. The van der Waals surface area contributed by atoms with Crippen LogP contribution in [0.5, 0.6) is 11.5 Å². The Kier molecular flexibility index (Phi) is 7.69. The molecule has 28 heavy (non-hydrogen) atoms. The van der Waals surface area contributed by atoms with E-state index in [0.29, 0.717) is 11.1 Å². The standard InChI is InChI=1S/C20H18N2O6/c1-25-9-10-27-19(23)16(13-21)11-14-3-4-17(18(12-14)26-2)28-20(24)15-5-7-22-8-6-15/h3-8,11-12H,9-10H2,1-2H3/b16-11+. The monoisotopic (exact) mass is 382 g/mol. The molecule has 0 aliphatic heterocycles. The molecule has 0 fully saturated rings. The van der Waals surface area contributed by atoms with Crippen LogP contribution in [0.15, 0.2) is 48.3 Å². The van der Waals surface area contributed by atoms with Crippen LogP contribution in [0.2, 0.25) is 0 Å². The SMILES string of the molecule is COCCOC(=O)/C(C#N)=C/c1ccc(OC(=O)c2ccncc2)c(OC)c1. The molecule has 0 atom stereocenters. The molecule has 144 valence electrons. The lowest BCUT2D eigenvalue weighted by molar-refractivity contribution is -0.139. The van der Waals surface area contributed by atoms with E-state index in [1.54, 1.807) is 12.1 Å². The average molecular weight is 382 g/mol. The molecule has 0 saturated carbocycles. The topological polar surface area (TPSA) is 108 Å². The highest BCUT2D eigenvalue weighted by molar-refractivity contribution is 5.98. The third-order valence-corrected chi connectivity index (χ3v) is 3.48. The summed E-state index contributed by atoms with van der Waals surface area (Å²) in [6.45, 7) is 0.275. The van der Waals surface area contributed by atoms with E-state index >= 15 is 0 Å². The van der Waals surface area contributed by atoms with Gasteiger partial charge in [0.25, 0.3) is 0 Å². The second-order valence-electron chi connectivity index (χ2n) is 5.33. The molecule has 0 radical (unpaired) electrons. The van der Waals surface area contributed by atoms with E-state index in [-0.39, 0.29) is 30.3 Å². The van der Waals surface area contributed by atoms with Gasteiger partial charge < -0.3 is 18.9 Å². The Labute approximate surface area is 161 Å². The molecule has 1 heterocycles. The van der Waals surface area contributed by atoms with Gasteiger partial charge >= 0.3 is 11.9 Å². The summed E-state index contributed by atoms with van der Waals surface area (Å²) in [5.74, 6) is -0.862. The second-order valence-corrected chi connectivity index (χ2v) is 5.33. The first-order valence-corrected chi connectivity index (χ1v) is 8.17. The van der Waals surface area contributed by atoms with E-state index < -0.39 is 11.9 Å². The number of hydrogen-bond acceptors (Lipinski definition) is 8. The van der Waals surface area contributed by atoms with Crippen LogP contribution >= 0.6 is 0 Å². The van der Waals surface area contributed by atoms with Crippen LogP contribution in [0, 0.1) is 11.3 Å². The van der Waals surface area contributed by atoms with E-state index in [2.05, 4.69) is 4.98 Å². The highest BCUT2D eigenvalue weighted by atomic mass is 16.6. The van der Waals surface area contributed by atoms with Crippen molar-refractivity contribution in [1.82, 2.24) is 4.98 Å². The normalized spacial score (nSPS) is 10.7. The van der Waals surface area contributed by atoms with Crippen LogP contribution in [0.25, 0.3) is 6.08 Å². The van der Waals surface area contributed by atoms with Gasteiger partial charge in [0, 0.05) is 19.5 Å². The number of esters is 2. The molecule has 1 aromatic heterocycles. The molecule has 0 aliphatic carbocycles. The molecule has 0 unspecified atom stereocenters. The lowest BCUT2D eigenvalue weighted by Crippen LogP contribution is -2.11. The van der Waals surface area contributed by atoms with Gasteiger partial charge in [-0.3, -0.25) is 4.98 Å². The minimum absolute atomic E-state index is 0.0432. The quantitative estimate of drug-likeness (QED) is 0.225. The van der Waals surface area contributed by atoms with Crippen molar-refractivity contribution in [3.05, 3.63) is 59.4 Å². The van der Waals surface area contributed by atoms with E-state index in [0.717, 1.165) is 0 Å². The van der Waals surface area contributed by atoms with Gasteiger partial charge in [-0.25, -0.2) is 9.59 Å². The van der Waals surface area contributed by atoms with Crippen LogP contribution in [-0.2, 0) is 14.3 Å². The minimum atomic E-state index is -0.758. The van der Waals surface area contributed by atoms with Crippen LogP contribution in [0.3, 0.4) is 0 Å². The van der Waals surface area contributed by atoms with Crippen LogP contribution in [0.1, 0.15) is 15.9 Å². The molecule has 2 rings (SSSR count). The lowest BCUT2D eigenvalue weighted by Gasteiger charge is -2.10. The molecule has 2 aromatic rings. The summed E-state index contributed by atoms with van der Waals surface area (Å²) >= 11 is 0. The maximum absolute atomic E-state index is 12.2. The smallest absolute Gasteiger partial charge is 0.348 e. The van der Waals surface area contributed by atoms with Gasteiger partial charge in [-0.1, -0.05) is 6.07 Å². The van der Waals surface area contributed by atoms with Gasteiger partial charge in [-0.15, -0.1) is 0 Å². The Morgan fingerprint density at radius 3 is 2.50 bits per heavy atom. The Morgan fingerprint density at radius 2 is 1.86 bits per heavy atom. The van der Waals surface area contributed by atoms with Crippen LogP contribution < -0.4 is 9.47 Å². The zero-order chi connectivity index (χ0) is 20.4. The van der Waals surface area contributed by atoms with Crippen molar-refractivity contribution >= 4 is 18.0 Å². The highest BCUT2D eigenvalue weighted by Gasteiger charge is 2.14. The summed E-state index contributed by atoms with van der Waals surface area (Å²) in [4.78, 5) is 27.9. The van der Waals surface area contributed by atoms with Gasteiger partial charge in [0.2, 0.25) is 0 Å². The Hall–Kier alpha value is -3.70. The predicted molar refractivity (Wildman–Crippen MR) is 98.6 cm³/mol. The van der Waals surface area contributed by atoms with Gasteiger partial charge in [-0.05, 0) is 35.9 Å².